The van der Waals surface area contributed by atoms with Crippen LogP contribution in [-0.4, -0.2) is 4.98 Å². The second-order valence-corrected chi connectivity index (χ2v) is 5.93. The van der Waals surface area contributed by atoms with Crippen molar-refractivity contribution in [2.24, 2.45) is 11.7 Å². The van der Waals surface area contributed by atoms with Crippen LogP contribution in [0.3, 0.4) is 0 Å². The molecule has 0 spiro atoms. The molecule has 1 heterocycles. The molecule has 1 aromatic heterocycles. The minimum Gasteiger partial charge on any atom is -0.321 e. The Kier molecular flexibility index (Phi) is 3.32. The van der Waals surface area contributed by atoms with Crippen molar-refractivity contribution in [3.63, 3.8) is 0 Å². The van der Waals surface area contributed by atoms with Gasteiger partial charge in [-0.15, -0.1) is 11.3 Å². The fourth-order valence-electron chi connectivity index (χ4n) is 1.49. The van der Waals surface area contributed by atoms with Crippen molar-refractivity contribution in [2.75, 3.05) is 0 Å². The van der Waals surface area contributed by atoms with Crippen LogP contribution in [0, 0.1) is 12.8 Å². The Bertz CT molecular complexity index is 308. The molecule has 0 radical (unpaired) electrons. The third kappa shape index (κ3) is 2.79. The lowest BCUT2D eigenvalue weighted by atomic mass is 10.0. The first-order valence-electron chi connectivity index (χ1n) is 5.06. The summed E-state index contributed by atoms with van der Waals surface area (Å²) in [6, 6.07) is 0. The van der Waals surface area contributed by atoms with Gasteiger partial charge < -0.3 is 5.73 Å². The zero-order valence-corrected chi connectivity index (χ0v) is 10.5. The van der Waals surface area contributed by atoms with E-state index >= 15 is 0 Å². The van der Waals surface area contributed by atoms with E-state index in [-0.39, 0.29) is 5.54 Å². The average Bonchev–Trinajstić information content (AvgIpc) is 2.27. The number of nitrogens with two attached hydrogens (primary N) is 1. The summed E-state index contributed by atoms with van der Waals surface area (Å²) in [4.78, 5) is 5.77. The van der Waals surface area contributed by atoms with Crippen LogP contribution in [0.25, 0.3) is 0 Å². The quantitative estimate of drug-likeness (QED) is 0.836. The average molecular weight is 212 g/mol. The van der Waals surface area contributed by atoms with E-state index in [0.29, 0.717) is 5.92 Å². The molecular formula is C11H20N2S. The van der Waals surface area contributed by atoms with Gasteiger partial charge in [-0.05, 0) is 26.7 Å². The molecule has 0 unspecified atom stereocenters. The summed E-state index contributed by atoms with van der Waals surface area (Å²) in [7, 11) is 0. The first-order valence-corrected chi connectivity index (χ1v) is 5.88. The van der Waals surface area contributed by atoms with Crippen molar-refractivity contribution in [3.05, 3.63) is 15.6 Å². The van der Waals surface area contributed by atoms with Crippen molar-refractivity contribution < 1.29 is 0 Å². The zero-order chi connectivity index (χ0) is 10.9. The van der Waals surface area contributed by atoms with Crippen molar-refractivity contribution >= 4 is 11.3 Å². The Morgan fingerprint density at radius 2 is 2.00 bits per heavy atom. The molecule has 0 aromatic carbocycles. The van der Waals surface area contributed by atoms with Gasteiger partial charge in [0.15, 0.2) is 0 Å². The summed E-state index contributed by atoms with van der Waals surface area (Å²) >= 11 is 1.76. The van der Waals surface area contributed by atoms with Crippen LogP contribution in [0.2, 0.25) is 0 Å². The van der Waals surface area contributed by atoms with E-state index in [4.69, 9.17) is 5.73 Å². The third-order valence-corrected chi connectivity index (χ3v) is 3.53. The van der Waals surface area contributed by atoms with Crippen LogP contribution in [0.5, 0.6) is 0 Å². The van der Waals surface area contributed by atoms with Crippen LogP contribution in [0.1, 0.15) is 43.3 Å². The summed E-state index contributed by atoms with van der Waals surface area (Å²) in [5.41, 5.74) is 6.91. The normalized spacial score (nSPS) is 12.5. The van der Waals surface area contributed by atoms with E-state index in [9.17, 15) is 0 Å². The molecule has 0 atom stereocenters. The van der Waals surface area contributed by atoms with Gasteiger partial charge >= 0.3 is 0 Å². The minimum absolute atomic E-state index is 0.253. The van der Waals surface area contributed by atoms with Gasteiger partial charge in [-0.1, -0.05) is 13.8 Å². The molecule has 1 rings (SSSR count). The van der Waals surface area contributed by atoms with Gasteiger partial charge in [0.05, 0.1) is 10.7 Å². The maximum Gasteiger partial charge on any atom is 0.0934 e. The summed E-state index contributed by atoms with van der Waals surface area (Å²) in [5.74, 6) is 0.661. The van der Waals surface area contributed by atoms with E-state index in [1.54, 1.807) is 11.3 Å². The van der Waals surface area contributed by atoms with E-state index in [2.05, 4.69) is 18.8 Å². The number of thiazole rings is 1. The summed E-state index contributed by atoms with van der Waals surface area (Å²) in [6.45, 7) is 10.5. The second kappa shape index (κ2) is 3.99. The van der Waals surface area contributed by atoms with Gasteiger partial charge in [0.2, 0.25) is 0 Å². The van der Waals surface area contributed by atoms with Crippen LogP contribution >= 0.6 is 11.3 Å². The minimum atomic E-state index is -0.253. The number of aryl methyl sites for hydroxylation is 1. The lowest BCUT2D eigenvalue weighted by molar-refractivity contribution is 0.562. The highest BCUT2D eigenvalue weighted by Gasteiger charge is 2.21. The number of rotatable bonds is 3. The molecule has 2 N–H and O–H groups in total. The molecule has 0 aliphatic heterocycles. The molecule has 80 valence electrons. The smallest absolute Gasteiger partial charge is 0.0934 e. The van der Waals surface area contributed by atoms with Crippen molar-refractivity contribution in [1.29, 1.82) is 0 Å². The predicted molar refractivity (Wildman–Crippen MR) is 62.6 cm³/mol. The molecule has 0 aliphatic rings. The molecule has 0 amide bonds. The molecule has 0 bridgehead atoms. The zero-order valence-electron chi connectivity index (χ0n) is 9.72. The molecule has 0 aliphatic carbocycles. The largest absolute Gasteiger partial charge is 0.321 e. The first-order chi connectivity index (χ1) is 6.30. The Hall–Kier alpha value is -0.410. The fourth-order valence-corrected chi connectivity index (χ4v) is 2.78. The van der Waals surface area contributed by atoms with Gasteiger partial charge in [0, 0.05) is 16.8 Å². The second-order valence-electron chi connectivity index (χ2n) is 4.84. The maximum absolute atomic E-state index is 6.07. The van der Waals surface area contributed by atoms with Crippen LogP contribution in [0.15, 0.2) is 0 Å². The van der Waals surface area contributed by atoms with Gasteiger partial charge in [-0.3, -0.25) is 0 Å². The molecule has 0 saturated carbocycles. The highest BCUT2D eigenvalue weighted by molar-refractivity contribution is 7.11. The SMILES string of the molecule is Cc1nc(CC(C)C)sc1C(C)(C)N. The Morgan fingerprint density at radius 1 is 1.43 bits per heavy atom. The van der Waals surface area contributed by atoms with Gasteiger partial charge in [-0.25, -0.2) is 4.98 Å². The highest BCUT2D eigenvalue weighted by Crippen LogP contribution is 2.28. The number of nitrogens with zero attached hydrogens (tertiary/aromatic N) is 1. The first kappa shape index (κ1) is 11.7. The fraction of sp³-hybridized carbons (Fsp3) is 0.727. The van der Waals surface area contributed by atoms with Crippen LogP contribution in [0.4, 0.5) is 0 Å². The highest BCUT2D eigenvalue weighted by atomic mass is 32.1. The lowest BCUT2D eigenvalue weighted by Gasteiger charge is -2.16. The van der Waals surface area contributed by atoms with Gasteiger partial charge in [0.1, 0.15) is 0 Å². The van der Waals surface area contributed by atoms with Crippen molar-refractivity contribution in [2.45, 2.75) is 46.6 Å². The monoisotopic (exact) mass is 212 g/mol. The molecule has 14 heavy (non-hydrogen) atoms. The standard InChI is InChI=1S/C11H20N2S/c1-7(2)6-9-13-8(3)10(14-9)11(4,5)12/h7H,6,12H2,1-5H3. The summed E-state index contributed by atoms with van der Waals surface area (Å²) < 4.78 is 0. The van der Waals surface area contributed by atoms with Crippen molar-refractivity contribution in [3.8, 4) is 0 Å². The topological polar surface area (TPSA) is 38.9 Å². The van der Waals surface area contributed by atoms with E-state index < -0.39 is 0 Å². The Morgan fingerprint density at radius 3 is 2.36 bits per heavy atom. The molecule has 0 saturated heterocycles. The van der Waals surface area contributed by atoms with Gasteiger partial charge in [-0.2, -0.15) is 0 Å². The van der Waals surface area contributed by atoms with E-state index in [0.717, 1.165) is 12.1 Å². The summed E-state index contributed by atoms with van der Waals surface area (Å²) in [5, 5.41) is 1.21. The number of hydrogen-bond acceptors (Lipinski definition) is 3. The Balaban J connectivity index is 2.94. The number of aromatic nitrogens is 1. The van der Waals surface area contributed by atoms with Crippen LogP contribution in [-0.2, 0) is 12.0 Å². The maximum atomic E-state index is 6.07. The molecule has 1 aromatic rings. The van der Waals surface area contributed by atoms with Gasteiger partial charge in [0.25, 0.3) is 0 Å². The lowest BCUT2D eigenvalue weighted by Crippen LogP contribution is -2.28. The number of hydrogen-bond donors (Lipinski definition) is 1. The molecule has 2 nitrogen and oxygen atoms in total. The van der Waals surface area contributed by atoms with E-state index in [1.807, 2.05) is 20.8 Å². The predicted octanol–water partition coefficient (Wildman–Crippen LogP) is 2.84. The molecule has 3 heteroatoms. The Labute approximate surface area is 90.6 Å². The van der Waals surface area contributed by atoms with Crippen LogP contribution < -0.4 is 5.73 Å². The molecule has 0 fully saturated rings. The molecular weight excluding hydrogens is 192 g/mol. The summed E-state index contributed by atoms with van der Waals surface area (Å²) in [6.07, 6.45) is 1.06. The van der Waals surface area contributed by atoms with Crippen molar-refractivity contribution in [1.82, 2.24) is 4.98 Å². The van der Waals surface area contributed by atoms with E-state index in [1.165, 1.54) is 9.88 Å². The third-order valence-electron chi connectivity index (χ3n) is 2.01.